The molecule has 2 atom stereocenters. The van der Waals surface area contributed by atoms with Crippen molar-refractivity contribution in [3.8, 4) is 5.75 Å². The predicted molar refractivity (Wildman–Crippen MR) is 110 cm³/mol. The van der Waals surface area contributed by atoms with E-state index in [4.69, 9.17) is 4.74 Å². The van der Waals surface area contributed by atoms with Crippen LogP contribution in [0, 0.1) is 12.8 Å². The molecule has 0 spiro atoms. The third-order valence-corrected chi connectivity index (χ3v) is 5.66. The number of hydrogen-bond donors (Lipinski definition) is 1. The fourth-order valence-corrected chi connectivity index (χ4v) is 3.92. The number of fused-ring (bicyclic) bond motifs is 1. The molecule has 1 fully saturated rings. The van der Waals surface area contributed by atoms with Crippen LogP contribution >= 0.6 is 0 Å². The number of rotatable bonds is 5. The summed E-state index contributed by atoms with van der Waals surface area (Å²) in [6.07, 6.45) is 8.71. The number of aromatic nitrogens is 2. The van der Waals surface area contributed by atoms with Crippen molar-refractivity contribution in [3.63, 3.8) is 0 Å². The highest BCUT2D eigenvalue weighted by molar-refractivity contribution is 5.94. The van der Waals surface area contributed by atoms with Crippen molar-refractivity contribution < 1.29 is 9.53 Å². The second-order valence-electron chi connectivity index (χ2n) is 7.81. The van der Waals surface area contributed by atoms with Crippen molar-refractivity contribution in [2.75, 3.05) is 0 Å². The number of ether oxygens (including phenoxy) is 1. The minimum absolute atomic E-state index is 0.00104. The number of pyridine rings is 1. The highest BCUT2D eigenvalue weighted by Crippen LogP contribution is 2.24. The third kappa shape index (κ3) is 4.03. The molecule has 1 amide bonds. The van der Waals surface area contributed by atoms with E-state index in [1.165, 1.54) is 19.3 Å². The van der Waals surface area contributed by atoms with Gasteiger partial charge in [-0.2, -0.15) is 0 Å². The molecule has 0 radical (unpaired) electrons. The van der Waals surface area contributed by atoms with Crippen molar-refractivity contribution in [1.82, 2.24) is 14.7 Å². The Kier molecular flexibility index (Phi) is 5.33. The summed E-state index contributed by atoms with van der Waals surface area (Å²) in [5.41, 5.74) is 3.64. The van der Waals surface area contributed by atoms with Gasteiger partial charge < -0.3 is 14.5 Å². The van der Waals surface area contributed by atoms with Crippen molar-refractivity contribution >= 4 is 11.6 Å². The van der Waals surface area contributed by atoms with Crippen LogP contribution in [0.3, 0.4) is 0 Å². The summed E-state index contributed by atoms with van der Waals surface area (Å²) in [5.74, 6) is 1.28. The molecule has 3 aromatic rings. The first-order valence-electron chi connectivity index (χ1n) is 10.1. The zero-order valence-corrected chi connectivity index (χ0v) is 16.5. The van der Waals surface area contributed by atoms with Gasteiger partial charge in [-0.05, 0) is 61.6 Å². The maximum absolute atomic E-state index is 12.5. The molecular formula is C23H27N3O2. The number of nitrogens with one attached hydrogen (secondary N) is 1. The summed E-state index contributed by atoms with van der Waals surface area (Å²) < 4.78 is 7.86. The zero-order chi connectivity index (χ0) is 19.5. The number of aryl methyl sites for hydroxylation is 1. The Morgan fingerprint density at radius 2 is 2.00 bits per heavy atom. The highest BCUT2D eigenvalue weighted by atomic mass is 16.5. The second-order valence-corrected chi connectivity index (χ2v) is 7.81. The Labute approximate surface area is 165 Å². The van der Waals surface area contributed by atoms with Crippen molar-refractivity contribution in [1.29, 1.82) is 0 Å². The van der Waals surface area contributed by atoms with E-state index < -0.39 is 0 Å². The number of hydrogen-bond acceptors (Lipinski definition) is 3. The van der Waals surface area contributed by atoms with Crippen LogP contribution in [0.5, 0.6) is 5.75 Å². The Bertz CT molecular complexity index is 962. The van der Waals surface area contributed by atoms with Gasteiger partial charge in [-0.25, -0.2) is 4.98 Å². The number of amides is 1. The SMILES string of the molecule is Cc1cccn2cc(COc3ccc(C(=O)NC4CCCCC4C)cc3)nc12. The molecule has 2 heterocycles. The summed E-state index contributed by atoms with van der Waals surface area (Å²) in [6, 6.07) is 11.7. The van der Waals surface area contributed by atoms with Crippen LogP contribution in [0.4, 0.5) is 0 Å². The van der Waals surface area contributed by atoms with E-state index in [-0.39, 0.29) is 11.9 Å². The minimum Gasteiger partial charge on any atom is -0.487 e. The molecule has 0 saturated heterocycles. The van der Waals surface area contributed by atoms with E-state index in [9.17, 15) is 4.79 Å². The van der Waals surface area contributed by atoms with E-state index in [1.54, 1.807) is 0 Å². The topological polar surface area (TPSA) is 55.6 Å². The predicted octanol–water partition coefficient (Wildman–Crippen LogP) is 4.53. The molecule has 2 aromatic heterocycles. The second kappa shape index (κ2) is 8.05. The molecule has 0 aliphatic heterocycles. The lowest BCUT2D eigenvalue weighted by Gasteiger charge is -2.29. The van der Waals surface area contributed by atoms with Crippen molar-refractivity contribution in [2.24, 2.45) is 5.92 Å². The maximum Gasteiger partial charge on any atom is 0.251 e. The normalized spacial score (nSPS) is 19.5. The van der Waals surface area contributed by atoms with Gasteiger partial charge in [0.05, 0.1) is 5.69 Å². The molecule has 1 aromatic carbocycles. The molecule has 2 unspecified atom stereocenters. The molecule has 0 bridgehead atoms. The lowest BCUT2D eigenvalue weighted by atomic mass is 9.86. The first-order valence-corrected chi connectivity index (χ1v) is 10.1. The van der Waals surface area contributed by atoms with Gasteiger partial charge in [-0.3, -0.25) is 4.79 Å². The lowest BCUT2D eigenvalue weighted by Crippen LogP contribution is -2.41. The summed E-state index contributed by atoms with van der Waals surface area (Å²) >= 11 is 0. The average molecular weight is 377 g/mol. The Balaban J connectivity index is 1.36. The molecule has 1 saturated carbocycles. The van der Waals surface area contributed by atoms with E-state index in [0.29, 0.717) is 18.1 Å². The van der Waals surface area contributed by atoms with Gasteiger partial charge in [-0.1, -0.05) is 25.8 Å². The standard InChI is InChI=1S/C23H27N3O2/c1-16-6-3-4-8-21(16)25-23(27)18-9-11-20(12-10-18)28-15-19-14-26-13-5-7-17(2)22(26)24-19/h5,7,9-14,16,21H,3-4,6,8,15H2,1-2H3,(H,25,27). The number of nitrogens with zero attached hydrogens (tertiary/aromatic N) is 2. The summed E-state index contributed by atoms with van der Waals surface area (Å²) in [7, 11) is 0. The van der Waals surface area contributed by atoms with Crippen LogP contribution in [0.25, 0.3) is 5.65 Å². The molecule has 1 aliphatic rings. The van der Waals surface area contributed by atoms with Crippen LogP contribution in [0.15, 0.2) is 48.8 Å². The Hall–Kier alpha value is -2.82. The monoisotopic (exact) mass is 377 g/mol. The largest absolute Gasteiger partial charge is 0.487 e. The number of imidazole rings is 1. The smallest absolute Gasteiger partial charge is 0.251 e. The van der Waals surface area contributed by atoms with Crippen molar-refractivity contribution in [2.45, 2.75) is 52.2 Å². The average Bonchev–Trinajstić information content (AvgIpc) is 3.13. The molecule has 4 rings (SSSR count). The number of carbonyl (C=O) groups excluding carboxylic acids is 1. The fraction of sp³-hybridized carbons (Fsp3) is 0.391. The van der Waals surface area contributed by atoms with Crippen LogP contribution in [-0.2, 0) is 6.61 Å². The summed E-state index contributed by atoms with van der Waals surface area (Å²) in [5, 5.41) is 3.19. The first-order chi connectivity index (χ1) is 13.6. The van der Waals surface area contributed by atoms with Gasteiger partial charge in [-0.15, -0.1) is 0 Å². The van der Waals surface area contributed by atoms with Crippen LogP contribution < -0.4 is 10.1 Å². The molecule has 146 valence electrons. The molecule has 5 nitrogen and oxygen atoms in total. The van der Waals surface area contributed by atoms with E-state index >= 15 is 0 Å². The quantitative estimate of drug-likeness (QED) is 0.711. The van der Waals surface area contributed by atoms with E-state index in [0.717, 1.165) is 29.1 Å². The lowest BCUT2D eigenvalue weighted by molar-refractivity contribution is 0.0910. The molecular weight excluding hydrogens is 350 g/mol. The van der Waals surface area contributed by atoms with Crippen LogP contribution in [-0.4, -0.2) is 21.3 Å². The van der Waals surface area contributed by atoms with Gasteiger partial charge in [0, 0.05) is 24.0 Å². The summed E-state index contributed by atoms with van der Waals surface area (Å²) in [6.45, 7) is 4.67. The van der Waals surface area contributed by atoms with Gasteiger partial charge >= 0.3 is 0 Å². The Morgan fingerprint density at radius 1 is 1.21 bits per heavy atom. The molecule has 5 heteroatoms. The van der Waals surface area contributed by atoms with Gasteiger partial charge in [0.1, 0.15) is 18.0 Å². The first kappa shape index (κ1) is 18.5. The molecule has 1 aliphatic carbocycles. The van der Waals surface area contributed by atoms with Crippen LogP contribution in [0.2, 0.25) is 0 Å². The van der Waals surface area contributed by atoms with Crippen LogP contribution in [0.1, 0.15) is 54.2 Å². The molecule has 1 N–H and O–H groups in total. The van der Waals surface area contributed by atoms with Crippen molar-refractivity contribution in [3.05, 3.63) is 65.6 Å². The van der Waals surface area contributed by atoms with E-state index in [1.807, 2.05) is 60.1 Å². The highest BCUT2D eigenvalue weighted by Gasteiger charge is 2.23. The van der Waals surface area contributed by atoms with Gasteiger partial charge in [0.2, 0.25) is 0 Å². The summed E-state index contributed by atoms with van der Waals surface area (Å²) in [4.78, 5) is 17.1. The third-order valence-electron chi connectivity index (χ3n) is 5.66. The molecule has 28 heavy (non-hydrogen) atoms. The number of carbonyl (C=O) groups is 1. The zero-order valence-electron chi connectivity index (χ0n) is 16.5. The minimum atomic E-state index is 0.00104. The van der Waals surface area contributed by atoms with E-state index in [2.05, 4.69) is 17.2 Å². The fourth-order valence-electron chi connectivity index (χ4n) is 3.92. The maximum atomic E-state index is 12.5. The van der Waals surface area contributed by atoms with Gasteiger partial charge in [0.25, 0.3) is 5.91 Å². The van der Waals surface area contributed by atoms with Gasteiger partial charge in [0.15, 0.2) is 0 Å². The Morgan fingerprint density at radius 3 is 2.75 bits per heavy atom. The number of benzene rings is 1.